The summed E-state index contributed by atoms with van der Waals surface area (Å²) in [6.45, 7) is 0. The summed E-state index contributed by atoms with van der Waals surface area (Å²) in [6.07, 6.45) is 4.18. The molecule has 2 aromatic rings. The number of nitrogens with one attached hydrogen (secondary N) is 1. The predicted octanol–water partition coefficient (Wildman–Crippen LogP) is 3.78. The van der Waals surface area contributed by atoms with Crippen LogP contribution in [0, 0.1) is 5.41 Å². The lowest BCUT2D eigenvalue weighted by molar-refractivity contribution is 0.570. The van der Waals surface area contributed by atoms with Crippen molar-refractivity contribution in [2.24, 2.45) is 9.98 Å². The summed E-state index contributed by atoms with van der Waals surface area (Å²) in [5.41, 5.74) is 1.69. The van der Waals surface area contributed by atoms with Crippen molar-refractivity contribution in [3.63, 3.8) is 0 Å². The van der Waals surface area contributed by atoms with E-state index in [1.165, 1.54) is 0 Å². The maximum Gasteiger partial charge on any atom is 0.173 e. The first-order valence-corrected chi connectivity index (χ1v) is 5.76. The lowest BCUT2D eigenvalue weighted by atomic mass is 10.3. The molecule has 0 saturated carbocycles. The van der Waals surface area contributed by atoms with E-state index in [-0.39, 0.29) is 0 Å². The largest absolute Gasteiger partial charge is 0.446 e. The fourth-order valence-corrected chi connectivity index (χ4v) is 1.43. The van der Waals surface area contributed by atoms with Crippen LogP contribution in [0.15, 0.2) is 64.6 Å². The van der Waals surface area contributed by atoms with Crippen LogP contribution < -0.4 is 4.74 Å². The topological polar surface area (TPSA) is 57.8 Å². The molecule has 2 rings (SSSR count). The van der Waals surface area contributed by atoms with Crippen LogP contribution in [-0.4, -0.2) is 18.8 Å². The lowest BCUT2D eigenvalue weighted by Crippen LogP contribution is -1.85. The van der Waals surface area contributed by atoms with Gasteiger partial charge >= 0.3 is 0 Å². The maximum absolute atomic E-state index is 6.82. The van der Waals surface area contributed by atoms with Gasteiger partial charge in [0.15, 0.2) is 6.40 Å². The van der Waals surface area contributed by atoms with Crippen molar-refractivity contribution in [2.75, 3.05) is 0 Å². The molecule has 0 aliphatic rings. The molecule has 0 aliphatic heterocycles. The second-order valence-electron chi connectivity index (χ2n) is 3.62. The van der Waals surface area contributed by atoms with Gasteiger partial charge in [-0.25, -0.2) is 0 Å². The molecule has 0 amide bonds. The molecular weight excluding hydrogens is 238 g/mol. The maximum atomic E-state index is 6.82. The minimum Gasteiger partial charge on any atom is -0.446 e. The molecule has 0 aliphatic carbocycles. The second kappa shape index (κ2) is 6.86. The van der Waals surface area contributed by atoms with Crippen molar-refractivity contribution < 1.29 is 4.74 Å². The Labute approximate surface area is 111 Å². The monoisotopic (exact) mass is 251 g/mol. The zero-order valence-electron chi connectivity index (χ0n) is 10.2. The number of hydrogen-bond acceptors (Lipinski definition) is 4. The Morgan fingerprint density at radius 2 is 1.37 bits per heavy atom. The standard InChI is InChI=1S/C15H13N3O/c16-12-19-15-8-6-14(7-9-15)18-11-10-17-13-4-2-1-3-5-13/h1-12,16H. The smallest absolute Gasteiger partial charge is 0.173 e. The summed E-state index contributed by atoms with van der Waals surface area (Å²) in [5.74, 6) is 0.618. The summed E-state index contributed by atoms with van der Waals surface area (Å²) in [6, 6.07) is 16.8. The molecule has 0 radical (unpaired) electrons. The first kappa shape index (κ1) is 12.7. The highest BCUT2D eigenvalue weighted by Crippen LogP contribution is 2.17. The van der Waals surface area contributed by atoms with E-state index in [1.807, 2.05) is 42.5 Å². The molecule has 1 N–H and O–H groups in total. The molecular formula is C15H13N3O. The van der Waals surface area contributed by atoms with Gasteiger partial charge in [0.05, 0.1) is 11.4 Å². The third-order valence-corrected chi connectivity index (χ3v) is 2.30. The van der Waals surface area contributed by atoms with Crippen molar-refractivity contribution in [1.29, 1.82) is 5.41 Å². The van der Waals surface area contributed by atoms with E-state index < -0.39 is 0 Å². The van der Waals surface area contributed by atoms with E-state index in [4.69, 9.17) is 10.1 Å². The molecule has 0 saturated heterocycles. The number of ether oxygens (including phenoxy) is 1. The van der Waals surface area contributed by atoms with E-state index in [0.717, 1.165) is 17.8 Å². The zero-order chi connectivity index (χ0) is 13.3. The summed E-state index contributed by atoms with van der Waals surface area (Å²) >= 11 is 0. The lowest BCUT2D eigenvalue weighted by Gasteiger charge is -1.97. The van der Waals surface area contributed by atoms with Gasteiger partial charge in [0.25, 0.3) is 0 Å². The third kappa shape index (κ3) is 4.20. The number of aliphatic imine (C=N–C) groups is 2. The van der Waals surface area contributed by atoms with E-state index in [0.29, 0.717) is 5.75 Å². The Hall–Kier alpha value is -2.75. The van der Waals surface area contributed by atoms with Crippen LogP contribution in [0.25, 0.3) is 0 Å². The van der Waals surface area contributed by atoms with Crippen molar-refractivity contribution >= 4 is 30.2 Å². The van der Waals surface area contributed by atoms with Crippen molar-refractivity contribution in [2.45, 2.75) is 0 Å². The van der Waals surface area contributed by atoms with Gasteiger partial charge in [0.1, 0.15) is 5.75 Å². The number of benzene rings is 2. The summed E-state index contributed by atoms with van der Waals surface area (Å²) in [7, 11) is 0. The number of para-hydroxylation sites is 1. The summed E-state index contributed by atoms with van der Waals surface area (Å²) in [5, 5.41) is 6.82. The van der Waals surface area contributed by atoms with Crippen LogP contribution in [0.3, 0.4) is 0 Å². The number of rotatable bonds is 5. The highest BCUT2D eigenvalue weighted by atomic mass is 16.5. The van der Waals surface area contributed by atoms with Gasteiger partial charge in [0, 0.05) is 12.4 Å². The highest BCUT2D eigenvalue weighted by Gasteiger charge is 1.91. The molecule has 19 heavy (non-hydrogen) atoms. The number of hydrogen-bond donors (Lipinski definition) is 1. The minimum atomic E-state index is 0.618. The Bertz CT molecular complexity index is 574. The van der Waals surface area contributed by atoms with E-state index >= 15 is 0 Å². The molecule has 94 valence electrons. The third-order valence-electron chi connectivity index (χ3n) is 2.30. The summed E-state index contributed by atoms with van der Waals surface area (Å²) in [4.78, 5) is 8.48. The average molecular weight is 251 g/mol. The Morgan fingerprint density at radius 3 is 1.95 bits per heavy atom. The molecule has 2 aromatic carbocycles. The number of nitrogens with zero attached hydrogens (tertiary/aromatic N) is 2. The molecule has 0 aromatic heterocycles. The van der Waals surface area contributed by atoms with Gasteiger partial charge in [-0.05, 0) is 36.4 Å². The van der Waals surface area contributed by atoms with Gasteiger partial charge in [-0.3, -0.25) is 15.4 Å². The van der Waals surface area contributed by atoms with Gasteiger partial charge in [-0.1, -0.05) is 18.2 Å². The second-order valence-corrected chi connectivity index (χ2v) is 3.62. The van der Waals surface area contributed by atoms with Crippen LogP contribution >= 0.6 is 0 Å². The molecule has 0 heterocycles. The van der Waals surface area contributed by atoms with Crippen LogP contribution in [0.2, 0.25) is 0 Å². The molecule has 0 atom stereocenters. The van der Waals surface area contributed by atoms with Crippen LogP contribution in [0.1, 0.15) is 0 Å². The first-order chi connectivity index (χ1) is 9.38. The van der Waals surface area contributed by atoms with E-state index in [9.17, 15) is 0 Å². The Kier molecular flexibility index (Phi) is 4.58. The van der Waals surface area contributed by atoms with Crippen molar-refractivity contribution in [3.8, 4) is 5.75 Å². The van der Waals surface area contributed by atoms with Gasteiger partial charge in [-0.2, -0.15) is 0 Å². The molecule has 0 spiro atoms. The van der Waals surface area contributed by atoms with Gasteiger partial charge in [0.2, 0.25) is 0 Å². The molecule has 4 heteroatoms. The van der Waals surface area contributed by atoms with Crippen LogP contribution in [0.5, 0.6) is 5.75 Å². The van der Waals surface area contributed by atoms with Crippen molar-refractivity contribution in [1.82, 2.24) is 0 Å². The zero-order valence-corrected chi connectivity index (χ0v) is 10.2. The van der Waals surface area contributed by atoms with Crippen LogP contribution in [0.4, 0.5) is 11.4 Å². The molecule has 0 bridgehead atoms. The molecule has 0 fully saturated rings. The molecule has 0 unspecified atom stereocenters. The normalized spacial score (nSPS) is 10.9. The predicted molar refractivity (Wildman–Crippen MR) is 78.6 cm³/mol. The first-order valence-electron chi connectivity index (χ1n) is 5.76. The Morgan fingerprint density at radius 1 is 0.789 bits per heavy atom. The molecule has 4 nitrogen and oxygen atoms in total. The quantitative estimate of drug-likeness (QED) is 0.638. The average Bonchev–Trinajstić information content (AvgIpc) is 2.47. The minimum absolute atomic E-state index is 0.618. The van der Waals surface area contributed by atoms with Gasteiger partial charge in [-0.15, -0.1) is 0 Å². The summed E-state index contributed by atoms with van der Waals surface area (Å²) < 4.78 is 4.91. The van der Waals surface area contributed by atoms with Crippen LogP contribution in [-0.2, 0) is 0 Å². The fourth-order valence-electron chi connectivity index (χ4n) is 1.43. The fraction of sp³-hybridized carbons (Fsp3) is 0. The Balaban J connectivity index is 1.95. The van der Waals surface area contributed by atoms with Crippen molar-refractivity contribution in [3.05, 3.63) is 54.6 Å². The van der Waals surface area contributed by atoms with E-state index in [1.54, 1.807) is 24.6 Å². The van der Waals surface area contributed by atoms with E-state index in [2.05, 4.69) is 9.98 Å². The van der Waals surface area contributed by atoms with Gasteiger partial charge < -0.3 is 4.74 Å². The highest BCUT2D eigenvalue weighted by molar-refractivity contribution is 6.17. The SMILES string of the molecule is N=COc1ccc(N=CC=Nc2ccccc2)cc1.